The number of hydrogen-bond donors (Lipinski definition) is 3. The molecule has 0 amide bonds. The lowest BCUT2D eigenvalue weighted by molar-refractivity contribution is 0.714. The minimum Gasteiger partial charge on any atom is -0.179 e. The first-order valence-corrected chi connectivity index (χ1v) is 5.47. The summed E-state index contributed by atoms with van der Waals surface area (Å²) in [7, 11) is 0. The smallest absolute Gasteiger partial charge is 0.00978 e. The molecule has 1 rings (SSSR count). The van der Waals surface area contributed by atoms with Gasteiger partial charge in [-0.15, -0.1) is 23.3 Å². The molecule has 0 bridgehead atoms. The van der Waals surface area contributed by atoms with E-state index in [9.17, 15) is 0 Å². The van der Waals surface area contributed by atoms with Gasteiger partial charge >= 0.3 is 0 Å². The lowest BCUT2D eigenvalue weighted by Crippen LogP contribution is -1.76. The second-order valence-corrected chi connectivity index (χ2v) is 2.76. The van der Waals surface area contributed by atoms with Gasteiger partial charge in [-0.25, -0.2) is 0 Å². The van der Waals surface area contributed by atoms with E-state index in [0.717, 1.165) is 11.7 Å². The van der Waals surface area contributed by atoms with E-state index < -0.39 is 0 Å². The fourth-order valence-corrected chi connectivity index (χ4v) is 0.969. The summed E-state index contributed by atoms with van der Waals surface area (Å²) < 4.78 is 0. The van der Waals surface area contributed by atoms with Crippen molar-refractivity contribution in [2.24, 2.45) is 5.92 Å². The van der Waals surface area contributed by atoms with Crippen LogP contribution < -0.4 is 0 Å². The molecule has 1 saturated carbocycles. The Hall–Kier alpha value is 1.05. The van der Waals surface area contributed by atoms with Crippen molar-refractivity contribution in [1.29, 1.82) is 0 Å². The largest absolute Gasteiger partial charge is 0.179 e. The van der Waals surface area contributed by atoms with Crippen molar-refractivity contribution < 1.29 is 0 Å². The zero-order chi connectivity index (χ0) is 7.11. The van der Waals surface area contributed by atoms with Crippen molar-refractivity contribution in [2.75, 3.05) is 5.75 Å². The lowest BCUT2D eigenvalue weighted by atomic mass is 10.2. The van der Waals surface area contributed by atoms with Crippen LogP contribution in [0.1, 0.15) is 25.7 Å². The van der Waals surface area contributed by atoms with Gasteiger partial charge in [0.1, 0.15) is 0 Å². The summed E-state index contributed by atoms with van der Waals surface area (Å²) in [6, 6.07) is 0. The highest BCUT2D eigenvalue weighted by molar-refractivity contribution is 8.59. The molecule has 1 fully saturated rings. The van der Waals surface area contributed by atoms with Crippen LogP contribution in [-0.4, -0.2) is 5.75 Å². The van der Waals surface area contributed by atoms with Crippen molar-refractivity contribution in [3.05, 3.63) is 0 Å². The van der Waals surface area contributed by atoms with Crippen molar-refractivity contribution in [2.45, 2.75) is 25.7 Å². The fourth-order valence-electron chi connectivity index (χ4n) is 0.786. The highest BCUT2D eigenvalue weighted by atomic mass is 33.1. The first kappa shape index (κ1) is 10.0. The Morgan fingerprint density at radius 2 is 1.78 bits per heavy atom. The molecule has 0 aromatic rings. The van der Waals surface area contributed by atoms with Gasteiger partial charge in [-0.2, -0.15) is 12.6 Å². The van der Waals surface area contributed by atoms with Gasteiger partial charge in [0.05, 0.1) is 0 Å². The first-order chi connectivity index (χ1) is 4.43. The lowest BCUT2D eigenvalue weighted by Gasteiger charge is -1.88. The molecule has 0 nitrogen and oxygen atoms in total. The Bertz CT molecular complexity index is 52.3. The summed E-state index contributed by atoms with van der Waals surface area (Å²) in [4.78, 5) is 0. The van der Waals surface area contributed by atoms with E-state index in [0.29, 0.717) is 0 Å². The molecule has 0 atom stereocenters. The normalized spacial score (nSPS) is 16.3. The summed E-state index contributed by atoms with van der Waals surface area (Å²) in [5.74, 6) is 2.18. The Balaban J connectivity index is 0.000000291. The topological polar surface area (TPSA) is 0 Å². The molecule has 3 heteroatoms. The van der Waals surface area contributed by atoms with Gasteiger partial charge in [-0.05, 0) is 24.5 Å². The summed E-state index contributed by atoms with van der Waals surface area (Å²) in [5, 5.41) is 0. The highest BCUT2D eigenvalue weighted by Gasteiger charge is 2.19. The molecule has 0 spiro atoms. The monoisotopic (exact) mass is 182 g/mol. The molecule has 0 saturated heterocycles. The van der Waals surface area contributed by atoms with Gasteiger partial charge in [0, 0.05) is 0 Å². The van der Waals surface area contributed by atoms with E-state index >= 15 is 0 Å². The maximum Gasteiger partial charge on any atom is -0.00978 e. The SMILES string of the molecule is SCCCC1CC1.SS. The van der Waals surface area contributed by atoms with Crippen LogP contribution in [0.5, 0.6) is 0 Å². The third kappa shape index (κ3) is 6.94. The van der Waals surface area contributed by atoms with Gasteiger partial charge in [0.25, 0.3) is 0 Å². The van der Waals surface area contributed by atoms with Crippen LogP contribution in [-0.2, 0) is 0 Å². The van der Waals surface area contributed by atoms with Crippen molar-refractivity contribution in [3.8, 4) is 0 Å². The molecule has 1 aliphatic carbocycles. The predicted molar refractivity (Wildman–Crippen MR) is 53.8 cm³/mol. The second-order valence-electron chi connectivity index (χ2n) is 2.31. The average molecular weight is 182 g/mol. The predicted octanol–water partition coefficient (Wildman–Crippen LogP) is 2.87. The van der Waals surface area contributed by atoms with Crippen LogP contribution in [0, 0.1) is 5.92 Å². The first-order valence-electron chi connectivity index (χ1n) is 3.24. The van der Waals surface area contributed by atoms with Crippen LogP contribution in [0.4, 0.5) is 0 Å². The minimum atomic E-state index is 1.08. The number of rotatable bonds is 3. The van der Waals surface area contributed by atoms with Crippen molar-refractivity contribution in [1.82, 2.24) is 0 Å². The van der Waals surface area contributed by atoms with E-state index in [1.165, 1.54) is 25.7 Å². The molecule has 0 N–H and O–H groups in total. The van der Waals surface area contributed by atoms with Gasteiger partial charge in [0.2, 0.25) is 0 Å². The zero-order valence-electron chi connectivity index (χ0n) is 5.45. The summed E-state index contributed by atoms with van der Waals surface area (Å²) in [6.45, 7) is 0. The molecule has 0 aromatic heterocycles. The van der Waals surface area contributed by atoms with Crippen LogP contribution in [0.2, 0.25) is 0 Å². The molecule has 0 aromatic carbocycles. The van der Waals surface area contributed by atoms with Gasteiger partial charge in [0.15, 0.2) is 0 Å². The molecule has 1 aliphatic rings. The highest BCUT2D eigenvalue weighted by Crippen LogP contribution is 2.33. The minimum absolute atomic E-state index is 1.08. The maximum atomic E-state index is 4.12. The van der Waals surface area contributed by atoms with E-state index in [1.807, 2.05) is 0 Å². The second kappa shape index (κ2) is 7.16. The maximum absolute atomic E-state index is 4.12. The van der Waals surface area contributed by atoms with Gasteiger partial charge < -0.3 is 0 Å². The number of thiol groups is 3. The van der Waals surface area contributed by atoms with Gasteiger partial charge in [-0.3, -0.25) is 0 Å². The Labute approximate surface area is 73.4 Å². The van der Waals surface area contributed by atoms with Crippen LogP contribution in [0.15, 0.2) is 0 Å². The standard InChI is InChI=1S/C6H12S.H2S2/c7-5-1-2-6-3-4-6;1-2/h6-7H,1-5H2;1-2H. The van der Waals surface area contributed by atoms with Crippen molar-refractivity contribution in [3.63, 3.8) is 0 Å². The van der Waals surface area contributed by atoms with Crippen molar-refractivity contribution >= 4 is 36.0 Å². The molecule has 9 heavy (non-hydrogen) atoms. The number of hydrogen-bond acceptors (Lipinski definition) is 3. The molecule has 0 aliphatic heterocycles. The summed E-state index contributed by atoms with van der Waals surface area (Å²) >= 11 is 10.6. The Kier molecular flexibility index (Phi) is 8.00. The Morgan fingerprint density at radius 1 is 1.22 bits per heavy atom. The summed E-state index contributed by atoms with van der Waals surface area (Å²) in [5.41, 5.74) is 0. The molecule has 0 radical (unpaired) electrons. The average Bonchev–Trinajstić information content (AvgIpc) is 2.71. The molecular formula is C6H14S3. The van der Waals surface area contributed by atoms with E-state index in [1.54, 1.807) is 0 Å². The van der Waals surface area contributed by atoms with Crippen LogP contribution in [0.25, 0.3) is 0 Å². The van der Waals surface area contributed by atoms with Gasteiger partial charge in [-0.1, -0.05) is 12.8 Å². The Morgan fingerprint density at radius 3 is 2.11 bits per heavy atom. The molecule has 56 valence electrons. The molecule has 0 unspecified atom stereocenters. The quantitative estimate of drug-likeness (QED) is 0.434. The van der Waals surface area contributed by atoms with E-state index in [4.69, 9.17) is 0 Å². The zero-order valence-corrected chi connectivity index (χ0v) is 8.14. The third-order valence-corrected chi connectivity index (χ3v) is 1.78. The summed E-state index contributed by atoms with van der Waals surface area (Å²) in [6.07, 6.45) is 5.75. The van der Waals surface area contributed by atoms with Crippen LogP contribution >= 0.6 is 36.0 Å². The van der Waals surface area contributed by atoms with Crippen LogP contribution in [0.3, 0.4) is 0 Å². The molecular weight excluding hydrogens is 168 g/mol. The third-order valence-electron chi connectivity index (χ3n) is 1.47. The fraction of sp³-hybridized carbons (Fsp3) is 1.00. The molecule has 0 heterocycles. The van der Waals surface area contributed by atoms with E-state index in [-0.39, 0.29) is 0 Å². The van der Waals surface area contributed by atoms with E-state index in [2.05, 4.69) is 36.0 Å².